The fourth-order valence-corrected chi connectivity index (χ4v) is 2.35. The third kappa shape index (κ3) is 3.65. The van der Waals surface area contributed by atoms with Gasteiger partial charge in [-0.1, -0.05) is 0 Å². The molecule has 0 aliphatic carbocycles. The van der Waals surface area contributed by atoms with Crippen molar-refractivity contribution in [1.82, 2.24) is 5.32 Å². The maximum Gasteiger partial charge on any atom is 0.0799 e. The number of hydrogen-bond donors (Lipinski definition) is 2. The molecular weight excluding hydrogens is 182 g/mol. The van der Waals surface area contributed by atoms with E-state index in [1.807, 2.05) is 11.8 Å². The fourth-order valence-electron chi connectivity index (χ4n) is 1.05. The van der Waals surface area contributed by atoms with E-state index >= 15 is 0 Å². The molecule has 0 aromatic heterocycles. The molecule has 11 heavy (non-hydrogen) atoms. The molecule has 0 aromatic carbocycles. The number of rotatable bonds is 4. The van der Waals surface area contributed by atoms with Crippen molar-refractivity contribution in [3.8, 4) is 0 Å². The van der Waals surface area contributed by atoms with Crippen molar-refractivity contribution in [1.29, 1.82) is 0 Å². The SMILES string of the molecule is OC(CCl)CNC1CCSC1. The number of aliphatic hydroxyl groups is 1. The molecule has 0 amide bonds. The fraction of sp³-hybridized carbons (Fsp3) is 1.00. The van der Waals surface area contributed by atoms with Crippen LogP contribution in [0, 0.1) is 0 Å². The topological polar surface area (TPSA) is 32.3 Å². The van der Waals surface area contributed by atoms with E-state index in [-0.39, 0.29) is 6.10 Å². The van der Waals surface area contributed by atoms with Crippen LogP contribution in [0.15, 0.2) is 0 Å². The summed E-state index contributed by atoms with van der Waals surface area (Å²) >= 11 is 7.41. The third-order valence-corrected chi connectivity index (χ3v) is 3.27. The van der Waals surface area contributed by atoms with Gasteiger partial charge in [0.05, 0.1) is 6.10 Å². The molecule has 2 N–H and O–H groups in total. The minimum absolute atomic E-state index is 0.326. The Kier molecular flexibility index (Phi) is 4.60. The van der Waals surface area contributed by atoms with Crippen LogP contribution in [0.1, 0.15) is 6.42 Å². The molecule has 1 heterocycles. The van der Waals surface area contributed by atoms with Gasteiger partial charge in [0.25, 0.3) is 0 Å². The normalized spacial score (nSPS) is 27.3. The molecule has 1 fully saturated rings. The molecule has 0 aromatic rings. The van der Waals surface area contributed by atoms with Crippen LogP contribution >= 0.6 is 23.4 Å². The highest BCUT2D eigenvalue weighted by molar-refractivity contribution is 7.99. The minimum atomic E-state index is -0.387. The van der Waals surface area contributed by atoms with E-state index in [4.69, 9.17) is 16.7 Å². The molecule has 1 saturated heterocycles. The monoisotopic (exact) mass is 195 g/mol. The number of nitrogens with one attached hydrogen (secondary N) is 1. The molecule has 2 atom stereocenters. The zero-order valence-electron chi connectivity index (χ0n) is 6.42. The summed E-state index contributed by atoms with van der Waals surface area (Å²) in [6.07, 6.45) is 0.835. The Balaban J connectivity index is 2.01. The Hall–Kier alpha value is 0.560. The molecule has 0 bridgehead atoms. The predicted octanol–water partition coefficient (Wildman–Crippen LogP) is 0.681. The van der Waals surface area contributed by atoms with Crippen molar-refractivity contribution < 1.29 is 5.11 Å². The van der Waals surface area contributed by atoms with Crippen LogP contribution in [-0.2, 0) is 0 Å². The molecule has 1 rings (SSSR count). The van der Waals surface area contributed by atoms with E-state index in [1.165, 1.54) is 17.9 Å². The highest BCUT2D eigenvalue weighted by Crippen LogP contribution is 2.16. The first kappa shape index (κ1) is 9.65. The van der Waals surface area contributed by atoms with E-state index in [2.05, 4.69) is 5.32 Å². The lowest BCUT2D eigenvalue weighted by atomic mass is 10.2. The average Bonchev–Trinajstić information content (AvgIpc) is 2.52. The van der Waals surface area contributed by atoms with Crippen LogP contribution in [0.4, 0.5) is 0 Å². The summed E-state index contributed by atoms with van der Waals surface area (Å²) in [4.78, 5) is 0. The van der Waals surface area contributed by atoms with Crippen LogP contribution in [0.5, 0.6) is 0 Å². The molecule has 0 radical (unpaired) electrons. The molecule has 1 aliphatic heterocycles. The van der Waals surface area contributed by atoms with E-state index in [9.17, 15) is 0 Å². The average molecular weight is 196 g/mol. The number of hydrogen-bond acceptors (Lipinski definition) is 3. The first-order chi connectivity index (χ1) is 5.33. The minimum Gasteiger partial charge on any atom is -0.391 e. The summed E-state index contributed by atoms with van der Waals surface area (Å²) < 4.78 is 0. The van der Waals surface area contributed by atoms with Crippen LogP contribution < -0.4 is 5.32 Å². The zero-order valence-corrected chi connectivity index (χ0v) is 8.00. The molecule has 1 aliphatic rings. The molecule has 2 nitrogen and oxygen atoms in total. The Labute approximate surface area is 76.7 Å². The Morgan fingerprint density at radius 1 is 1.73 bits per heavy atom. The van der Waals surface area contributed by atoms with Gasteiger partial charge in [-0.05, 0) is 12.2 Å². The van der Waals surface area contributed by atoms with Crippen molar-refractivity contribution in [2.45, 2.75) is 18.6 Å². The second-order valence-corrected chi connectivity index (χ2v) is 4.24. The lowest BCUT2D eigenvalue weighted by molar-refractivity contribution is 0.190. The lowest BCUT2D eigenvalue weighted by Crippen LogP contribution is -2.36. The molecule has 66 valence electrons. The standard InChI is InChI=1S/C7H14ClNOS/c8-3-7(10)4-9-6-1-2-11-5-6/h6-7,9-10H,1-5H2. The number of thioether (sulfide) groups is 1. The van der Waals surface area contributed by atoms with Gasteiger partial charge in [-0.25, -0.2) is 0 Å². The summed E-state index contributed by atoms with van der Waals surface area (Å²) in [5, 5.41) is 12.4. The maximum atomic E-state index is 9.12. The second kappa shape index (κ2) is 5.25. The van der Waals surface area contributed by atoms with Crippen LogP contribution in [-0.4, -0.2) is 41.2 Å². The van der Waals surface area contributed by atoms with Gasteiger partial charge >= 0.3 is 0 Å². The molecule has 4 heteroatoms. The van der Waals surface area contributed by atoms with E-state index < -0.39 is 0 Å². The number of halogens is 1. The number of alkyl halides is 1. The van der Waals surface area contributed by atoms with Gasteiger partial charge < -0.3 is 10.4 Å². The zero-order chi connectivity index (χ0) is 8.10. The summed E-state index contributed by atoms with van der Waals surface area (Å²) in [6.45, 7) is 0.634. The van der Waals surface area contributed by atoms with Gasteiger partial charge in [-0.2, -0.15) is 11.8 Å². The van der Waals surface area contributed by atoms with Gasteiger partial charge in [0.1, 0.15) is 0 Å². The van der Waals surface area contributed by atoms with Gasteiger partial charge in [-0.3, -0.25) is 0 Å². The van der Waals surface area contributed by atoms with E-state index in [1.54, 1.807) is 0 Å². The number of aliphatic hydroxyl groups excluding tert-OH is 1. The van der Waals surface area contributed by atoms with Gasteiger partial charge in [-0.15, -0.1) is 11.6 Å². The Morgan fingerprint density at radius 2 is 2.55 bits per heavy atom. The van der Waals surface area contributed by atoms with E-state index in [0.29, 0.717) is 18.5 Å². The van der Waals surface area contributed by atoms with Crippen molar-refractivity contribution in [2.75, 3.05) is 23.9 Å². The quantitative estimate of drug-likeness (QED) is 0.648. The van der Waals surface area contributed by atoms with Crippen molar-refractivity contribution in [3.05, 3.63) is 0 Å². The highest BCUT2D eigenvalue weighted by atomic mass is 35.5. The van der Waals surface area contributed by atoms with Crippen molar-refractivity contribution in [3.63, 3.8) is 0 Å². The Bertz CT molecular complexity index is 109. The molecule has 0 saturated carbocycles. The van der Waals surface area contributed by atoms with Gasteiger partial charge in [0, 0.05) is 24.2 Å². The van der Waals surface area contributed by atoms with Gasteiger partial charge in [0.2, 0.25) is 0 Å². The second-order valence-electron chi connectivity index (χ2n) is 2.78. The largest absolute Gasteiger partial charge is 0.391 e. The van der Waals surface area contributed by atoms with Crippen molar-refractivity contribution in [2.24, 2.45) is 0 Å². The van der Waals surface area contributed by atoms with Crippen LogP contribution in [0.25, 0.3) is 0 Å². The first-order valence-corrected chi connectivity index (χ1v) is 5.57. The lowest BCUT2D eigenvalue weighted by Gasteiger charge is -2.13. The van der Waals surface area contributed by atoms with Crippen LogP contribution in [0.2, 0.25) is 0 Å². The summed E-state index contributed by atoms with van der Waals surface area (Å²) in [7, 11) is 0. The first-order valence-electron chi connectivity index (χ1n) is 3.88. The van der Waals surface area contributed by atoms with E-state index in [0.717, 1.165) is 0 Å². The predicted molar refractivity (Wildman–Crippen MR) is 50.5 cm³/mol. The van der Waals surface area contributed by atoms with Crippen molar-refractivity contribution >= 4 is 23.4 Å². The summed E-state index contributed by atoms with van der Waals surface area (Å²) in [5.41, 5.74) is 0. The smallest absolute Gasteiger partial charge is 0.0799 e. The summed E-state index contributed by atoms with van der Waals surface area (Å²) in [6, 6.07) is 0.595. The maximum absolute atomic E-state index is 9.12. The molecule has 0 spiro atoms. The highest BCUT2D eigenvalue weighted by Gasteiger charge is 2.15. The third-order valence-electron chi connectivity index (χ3n) is 1.75. The summed E-state index contributed by atoms with van der Waals surface area (Å²) in [5.74, 6) is 2.75. The van der Waals surface area contributed by atoms with Gasteiger partial charge in [0.15, 0.2) is 0 Å². The Morgan fingerprint density at radius 3 is 3.09 bits per heavy atom. The molecule has 2 unspecified atom stereocenters. The van der Waals surface area contributed by atoms with Crippen LogP contribution in [0.3, 0.4) is 0 Å². The molecular formula is C7H14ClNOS.